The number of rotatable bonds is 5. The Morgan fingerprint density at radius 3 is 2.59 bits per heavy atom. The maximum Gasteiger partial charge on any atom is 0.255 e. The van der Waals surface area contributed by atoms with E-state index in [1.54, 1.807) is 31.5 Å². The van der Waals surface area contributed by atoms with Gasteiger partial charge in [0.1, 0.15) is 5.75 Å². The summed E-state index contributed by atoms with van der Waals surface area (Å²) in [4.78, 5) is 21.3. The molecular formula is C23H21N3O3. The SMILES string of the molecule is COc1ccc(-c2nc3ncccc3o2)cc1NC(=O)c1ccc(C(C)C)cc1. The first-order valence-corrected chi connectivity index (χ1v) is 9.36. The highest BCUT2D eigenvalue weighted by molar-refractivity contribution is 6.05. The summed E-state index contributed by atoms with van der Waals surface area (Å²) in [5.41, 5.74) is 4.16. The van der Waals surface area contributed by atoms with E-state index >= 15 is 0 Å². The lowest BCUT2D eigenvalue weighted by atomic mass is 10.0. The van der Waals surface area contributed by atoms with Gasteiger partial charge in [0.25, 0.3) is 5.91 Å². The molecule has 0 fully saturated rings. The van der Waals surface area contributed by atoms with Gasteiger partial charge in [0.2, 0.25) is 5.89 Å². The first-order chi connectivity index (χ1) is 14.0. The van der Waals surface area contributed by atoms with E-state index in [1.165, 1.54) is 5.56 Å². The fourth-order valence-electron chi connectivity index (χ4n) is 3.05. The Morgan fingerprint density at radius 1 is 1.10 bits per heavy atom. The summed E-state index contributed by atoms with van der Waals surface area (Å²) >= 11 is 0. The van der Waals surface area contributed by atoms with E-state index < -0.39 is 0 Å². The number of nitrogens with one attached hydrogen (secondary N) is 1. The molecule has 0 saturated heterocycles. The highest BCUT2D eigenvalue weighted by Gasteiger charge is 2.15. The number of oxazole rings is 1. The molecule has 2 aromatic carbocycles. The van der Waals surface area contributed by atoms with Gasteiger partial charge in [0.05, 0.1) is 12.8 Å². The smallest absolute Gasteiger partial charge is 0.255 e. The molecular weight excluding hydrogens is 366 g/mol. The molecule has 2 heterocycles. The van der Waals surface area contributed by atoms with Crippen LogP contribution in [0.25, 0.3) is 22.7 Å². The van der Waals surface area contributed by atoms with Gasteiger partial charge in [-0.15, -0.1) is 0 Å². The Bertz CT molecular complexity index is 1130. The fourth-order valence-corrected chi connectivity index (χ4v) is 3.05. The van der Waals surface area contributed by atoms with Crippen molar-refractivity contribution in [2.45, 2.75) is 19.8 Å². The Labute approximate surface area is 168 Å². The van der Waals surface area contributed by atoms with Crippen LogP contribution in [-0.2, 0) is 0 Å². The van der Waals surface area contributed by atoms with Gasteiger partial charge < -0.3 is 14.5 Å². The Kier molecular flexibility index (Phi) is 4.99. The zero-order valence-corrected chi connectivity index (χ0v) is 16.5. The van der Waals surface area contributed by atoms with E-state index in [2.05, 4.69) is 29.1 Å². The van der Waals surface area contributed by atoms with Crippen molar-refractivity contribution in [3.8, 4) is 17.2 Å². The molecule has 29 heavy (non-hydrogen) atoms. The van der Waals surface area contributed by atoms with E-state index in [-0.39, 0.29) is 5.91 Å². The standard InChI is InChI=1S/C23H21N3O3/c1-14(2)15-6-8-16(9-7-15)22(27)25-18-13-17(10-11-19(18)28-3)23-26-21-20(29-23)5-4-12-24-21/h4-14H,1-3H3,(H,25,27). The normalized spacial score (nSPS) is 11.0. The van der Waals surface area contributed by atoms with Crippen LogP contribution in [0, 0.1) is 0 Å². The van der Waals surface area contributed by atoms with E-state index in [4.69, 9.17) is 9.15 Å². The van der Waals surface area contributed by atoms with Crippen molar-refractivity contribution in [3.05, 3.63) is 71.9 Å². The zero-order valence-electron chi connectivity index (χ0n) is 16.5. The summed E-state index contributed by atoms with van der Waals surface area (Å²) in [5, 5.41) is 2.92. The third-order valence-corrected chi connectivity index (χ3v) is 4.70. The van der Waals surface area contributed by atoms with Gasteiger partial charge in [-0.1, -0.05) is 26.0 Å². The van der Waals surface area contributed by atoms with Crippen LogP contribution in [0.2, 0.25) is 0 Å². The summed E-state index contributed by atoms with van der Waals surface area (Å²) in [5.74, 6) is 1.18. The minimum atomic E-state index is -0.213. The summed E-state index contributed by atoms with van der Waals surface area (Å²) < 4.78 is 11.2. The van der Waals surface area contributed by atoms with Crippen molar-refractivity contribution < 1.29 is 13.9 Å². The van der Waals surface area contributed by atoms with Crippen molar-refractivity contribution in [1.29, 1.82) is 0 Å². The van der Waals surface area contributed by atoms with E-state index in [9.17, 15) is 4.79 Å². The molecule has 6 nitrogen and oxygen atoms in total. The second kappa shape index (κ2) is 7.75. The second-order valence-corrected chi connectivity index (χ2v) is 6.99. The molecule has 4 rings (SSSR count). The molecule has 0 radical (unpaired) electrons. The molecule has 1 N–H and O–H groups in total. The van der Waals surface area contributed by atoms with Gasteiger partial charge >= 0.3 is 0 Å². The third kappa shape index (κ3) is 3.82. The number of hydrogen-bond acceptors (Lipinski definition) is 5. The Morgan fingerprint density at radius 2 is 1.90 bits per heavy atom. The second-order valence-electron chi connectivity index (χ2n) is 6.99. The third-order valence-electron chi connectivity index (χ3n) is 4.70. The van der Waals surface area contributed by atoms with Crippen LogP contribution in [0.15, 0.2) is 65.2 Å². The van der Waals surface area contributed by atoms with Crippen molar-refractivity contribution in [3.63, 3.8) is 0 Å². The zero-order chi connectivity index (χ0) is 20.4. The maximum absolute atomic E-state index is 12.7. The quantitative estimate of drug-likeness (QED) is 0.504. The van der Waals surface area contributed by atoms with Crippen molar-refractivity contribution in [1.82, 2.24) is 9.97 Å². The minimum absolute atomic E-state index is 0.213. The average Bonchev–Trinajstić information content (AvgIpc) is 3.18. The molecule has 0 bridgehead atoms. The fraction of sp³-hybridized carbons (Fsp3) is 0.174. The van der Waals surface area contributed by atoms with E-state index in [0.29, 0.717) is 45.6 Å². The number of anilines is 1. The lowest BCUT2D eigenvalue weighted by Crippen LogP contribution is -2.12. The molecule has 0 atom stereocenters. The number of amides is 1. The molecule has 0 aliphatic rings. The molecule has 0 aliphatic heterocycles. The molecule has 0 unspecified atom stereocenters. The molecule has 0 spiro atoms. The van der Waals surface area contributed by atoms with Crippen LogP contribution >= 0.6 is 0 Å². The maximum atomic E-state index is 12.7. The first kappa shape index (κ1) is 18.7. The number of carbonyl (C=O) groups excluding carboxylic acids is 1. The highest BCUT2D eigenvalue weighted by atomic mass is 16.5. The van der Waals surface area contributed by atoms with E-state index in [0.717, 1.165) is 0 Å². The number of nitrogens with zero attached hydrogens (tertiary/aromatic N) is 2. The summed E-state index contributed by atoms with van der Waals surface area (Å²) in [6.07, 6.45) is 1.67. The lowest BCUT2D eigenvalue weighted by Gasteiger charge is -2.12. The van der Waals surface area contributed by atoms with Crippen LogP contribution in [0.4, 0.5) is 5.69 Å². The number of fused-ring (bicyclic) bond motifs is 1. The van der Waals surface area contributed by atoms with Crippen LogP contribution in [0.5, 0.6) is 5.75 Å². The van der Waals surface area contributed by atoms with Gasteiger partial charge in [-0.25, -0.2) is 4.98 Å². The number of methoxy groups -OCH3 is 1. The number of benzene rings is 2. The molecule has 2 aromatic heterocycles. The van der Waals surface area contributed by atoms with Gasteiger partial charge in [0.15, 0.2) is 11.2 Å². The highest BCUT2D eigenvalue weighted by Crippen LogP contribution is 2.32. The largest absolute Gasteiger partial charge is 0.495 e. The Balaban J connectivity index is 1.63. The van der Waals surface area contributed by atoms with Crippen LogP contribution < -0.4 is 10.1 Å². The van der Waals surface area contributed by atoms with Crippen molar-refractivity contribution in [2.75, 3.05) is 12.4 Å². The number of carbonyl (C=O) groups is 1. The lowest BCUT2D eigenvalue weighted by molar-refractivity contribution is 0.102. The molecule has 6 heteroatoms. The van der Waals surface area contributed by atoms with Crippen molar-refractivity contribution in [2.24, 2.45) is 0 Å². The van der Waals surface area contributed by atoms with Gasteiger partial charge in [0, 0.05) is 17.3 Å². The van der Waals surface area contributed by atoms with E-state index in [1.807, 2.05) is 36.4 Å². The number of ether oxygens (including phenoxy) is 1. The number of aromatic nitrogens is 2. The number of hydrogen-bond donors (Lipinski definition) is 1. The molecule has 0 saturated carbocycles. The minimum Gasteiger partial charge on any atom is -0.495 e. The summed E-state index contributed by atoms with van der Waals surface area (Å²) in [6.45, 7) is 4.24. The first-order valence-electron chi connectivity index (χ1n) is 9.36. The predicted molar refractivity (Wildman–Crippen MR) is 112 cm³/mol. The average molecular weight is 387 g/mol. The molecule has 4 aromatic rings. The van der Waals surface area contributed by atoms with Gasteiger partial charge in [-0.2, -0.15) is 4.98 Å². The number of pyridine rings is 1. The molecule has 1 amide bonds. The molecule has 146 valence electrons. The van der Waals surface area contributed by atoms with Gasteiger partial charge in [-0.05, 0) is 53.9 Å². The van der Waals surface area contributed by atoms with Gasteiger partial charge in [-0.3, -0.25) is 4.79 Å². The van der Waals surface area contributed by atoms with Crippen molar-refractivity contribution >= 4 is 22.8 Å². The Hall–Kier alpha value is -3.67. The monoisotopic (exact) mass is 387 g/mol. The molecule has 0 aliphatic carbocycles. The van der Waals surface area contributed by atoms with Crippen LogP contribution in [-0.4, -0.2) is 23.0 Å². The summed E-state index contributed by atoms with van der Waals surface area (Å²) in [7, 11) is 1.56. The summed E-state index contributed by atoms with van der Waals surface area (Å²) in [6, 6.07) is 16.6. The topological polar surface area (TPSA) is 77.2 Å². The van der Waals surface area contributed by atoms with Crippen LogP contribution in [0.3, 0.4) is 0 Å². The predicted octanol–water partition coefficient (Wildman–Crippen LogP) is 5.27. The van der Waals surface area contributed by atoms with Crippen LogP contribution in [0.1, 0.15) is 35.7 Å².